The number of carbonyl (C=O) groups is 1. The molecule has 1 aromatic carbocycles. The third-order valence-electron chi connectivity index (χ3n) is 5.50. The predicted octanol–water partition coefficient (Wildman–Crippen LogP) is 4.08. The number of anilines is 4. The highest BCUT2D eigenvalue weighted by atomic mass is 32.1. The summed E-state index contributed by atoms with van der Waals surface area (Å²) in [6, 6.07) is 6.33. The van der Waals surface area contributed by atoms with E-state index in [1.54, 1.807) is 17.5 Å². The van der Waals surface area contributed by atoms with E-state index in [1.165, 1.54) is 24.0 Å². The zero-order valence-corrected chi connectivity index (χ0v) is 19.1. The van der Waals surface area contributed by atoms with Crippen molar-refractivity contribution in [3.8, 4) is 0 Å². The minimum atomic E-state index is -0.216. The van der Waals surface area contributed by atoms with E-state index in [4.69, 9.17) is 0 Å². The van der Waals surface area contributed by atoms with Crippen LogP contribution in [0.3, 0.4) is 0 Å². The lowest BCUT2D eigenvalue weighted by Gasteiger charge is -2.18. The van der Waals surface area contributed by atoms with E-state index in [2.05, 4.69) is 48.4 Å². The van der Waals surface area contributed by atoms with E-state index in [9.17, 15) is 4.79 Å². The van der Waals surface area contributed by atoms with Crippen LogP contribution in [0.1, 0.15) is 59.1 Å². The lowest BCUT2D eigenvalue weighted by atomic mass is 10.0. The van der Waals surface area contributed by atoms with Gasteiger partial charge in [-0.3, -0.25) is 4.79 Å². The van der Waals surface area contributed by atoms with Gasteiger partial charge in [-0.2, -0.15) is 4.98 Å². The van der Waals surface area contributed by atoms with Crippen LogP contribution in [0.25, 0.3) is 0 Å². The van der Waals surface area contributed by atoms with Crippen molar-refractivity contribution < 1.29 is 4.79 Å². The molecule has 32 heavy (non-hydrogen) atoms. The summed E-state index contributed by atoms with van der Waals surface area (Å²) >= 11 is 1.65. The summed E-state index contributed by atoms with van der Waals surface area (Å²) in [5.74, 6) is 1.94. The number of amides is 1. The molecule has 1 aliphatic carbocycles. The molecule has 9 heteroatoms. The van der Waals surface area contributed by atoms with Gasteiger partial charge in [-0.15, -0.1) is 11.3 Å². The molecule has 0 spiro atoms. The van der Waals surface area contributed by atoms with Crippen LogP contribution in [0.5, 0.6) is 0 Å². The van der Waals surface area contributed by atoms with E-state index in [0.717, 1.165) is 30.2 Å². The van der Waals surface area contributed by atoms with Crippen LogP contribution in [0, 0.1) is 0 Å². The molecule has 1 amide bonds. The Morgan fingerprint density at radius 2 is 2.06 bits per heavy atom. The van der Waals surface area contributed by atoms with Crippen molar-refractivity contribution >= 4 is 40.5 Å². The van der Waals surface area contributed by atoms with Gasteiger partial charge in [-0.1, -0.05) is 6.07 Å². The van der Waals surface area contributed by atoms with Gasteiger partial charge in [0.2, 0.25) is 5.95 Å². The fourth-order valence-electron chi connectivity index (χ4n) is 3.71. The number of hydrogen-bond donors (Lipinski definition) is 4. The number of rotatable bonds is 7. The summed E-state index contributed by atoms with van der Waals surface area (Å²) in [6.45, 7) is 5.72. The van der Waals surface area contributed by atoms with E-state index in [1.807, 2.05) is 25.3 Å². The van der Waals surface area contributed by atoms with Gasteiger partial charge in [0.05, 0.1) is 5.01 Å². The summed E-state index contributed by atoms with van der Waals surface area (Å²) < 4.78 is 0. The molecule has 0 saturated heterocycles. The molecule has 1 fully saturated rings. The average molecular weight is 450 g/mol. The normalized spacial score (nSPS) is 15.3. The van der Waals surface area contributed by atoms with Crippen molar-refractivity contribution in [2.24, 2.45) is 0 Å². The zero-order chi connectivity index (χ0) is 22.1. The second-order valence-electron chi connectivity index (χ2n) is 8.59. The van der Waals surface area contributed by atoms with E-state index < -0.39 is 0 Å². The molecule has 3 aromatic rings. The smallest absolute Gasteiger partial charge is 0.256 e. The summed E-state index contributed by atoms with van der Waals surface area (Å²) in [7, 11) is 0. The number of carbonyl (C=O) groups excluding carboxylic acids is 1. The Labute approximate surface area is 191 Å². The highest BCUT2D eigenvalue weighted by Gasteiger charge is 2.27. The number of thiazole rings is 1. The summed E-state index contributed by atoms with van der Waals surface area (Å²) in [5, 5.41) is 16.0. The van der Waals surface area contributed by atoms with Gasteiger partial charge >= 0.3 is 0 Å². The lowest BCUT2D eigenvalue weighted by molar-refractivity contribution is 0.0943. The number of hydrogen-bond acceptors (Lipinski definition) is 8. The summed E-state index contributed by atoms with van der Waals surface area (Å²) in [6.07, 6.45) is 5.00. The highest BCUT2D eigenvalue weighted by Crippen LogP contribution is 2.42. The van der Waals surface area contributed by atoms with Crippen molar-refractivity contribution in [3.63, 3.8) is 0 Å². The van der Waals surface area contributed by atoms with Crippen molar-refractivity contribution in [1.29, 1.82) is 0 Å². The lowest BCUT2D eigenvalue weighted by Crippen LogP contribution is -2.31. The Kier molecular flexibility index (Phi) is 5.75. The minimum Gasteiger partial charge on any atom is -0.350 e. The molecule has 5 rings (SSSR count). The van der Waals surface area contributed by atoms with Crippen LogP contribution in [0.2, 0.25) is 0 Å². The summed E-state index contributed by atoms with van der Waals surface area (Å²) in [4.78, 5) is 26.5. The van der Waals surface area contributed by atoms with Gasteiger partial charge in [0, 0.05) is 35.8 Å². The van der Waals surface area contributed by atoms with Crippen LogP contribution >= 0.6 is 11.3 Å². The standard InChI is InChI=1S/C23H27N7OS/c1-13(2)26-21(31)18-11-25-23(27-17-6-5-14-7-8-24-10-16(14)9-17)30-20(18)28-19-12-32-22(29-19)15-3-4-15/h5-6,9,11-13,15,24H,3-4,7-8,10H2,1-2H3,(H,26,31)(H2,25,27,28,30). The molecule has 0 bridgehead atoms. The molecule has 0 unspecified atom stereocenters. The van der Waals surface area contributed by atoms with Gasteiger partial charge in [0.25, 0.3) is 5.91 Å². The first-order valence-electron chi connectivity index (χ1n) is 11.0. The number of nitrogens with one attached hydrogen (secondary N) is 4. The molecule has 8 nitrogen and oxygen atoms in total. The van der Waals surface area contributed by atoms with E-state index in [-0.39, 0.29) is 11.9 Å². The molecular weight excluding hydrogens is 422 g/mol. The first-order valence-corrected chi connectivity index (χ1v) is 11.9. The molecule has 3 heterocycles. The zero-order valence-electron chi connectivity index (χ0n) is 18.2. The molecular formula is C23H27N7OS. The SMILES string of the molecule is CC(C)NC(=O)c1cnc(Nc2ccc3c(c2)CNCC3)nc1Nc1csc(C2CC2)n1. The number of aromatic nitrogens is 3. The predicted molar refractivity (Wildman–Crippen MR) is 127 cm³/mol. The van der Waals surface area contributed by atoms with Crippen molar-refractivity contribution in [2.45, 2.75) is 51.6 Å². The van der Waals surface area contributed by atoms with Gasteiger partial charge in [0.1, 0.15) is 17.2 Å². The highest BCUT2D eigenvalue weighted by molar-refractivity contribution is 7.10. The fourth-order valence-corrected chi connectivity index (χ4v) is 4.64. The number of fused-ring (bicyclic) bond motifs is 1. The Morgan fingerprint density at radius 1 is 1.19 bits per heavy atom. The Balaban J connectivity index is 1.41. The molecule has 4 N–H and O–H groups in total. The van der Waals surface area contributed by atoms with Crippen LogP contribution in [-0.4, -0.2) is 33.4 Å². The fraction of sp³-hybridized carbons (Fsp3) is 0.391. The van der Waals surface area contributed by atoms with Gasteiger partial charge in [-0.05, 0) is 62.9 Å². The molecule has 1 saturated carbocycles. The van der Waals surface area contributed by atoms with Crippen LogP contribution < -0.4 is 21.3 Å². The molecule has 2 aliphatic rings. The number of benzene rings is 1. The molecule has 166 valence electrons. The second kappa shape index (κ2) is 8.84. The van der Waals surface area contributed by atoms with Crippen molar-refractivity contribution in [3.05, 3.63) is 51.5 Å². The van der Waals surface area contributed by atoms with E-state index >= 15 is 0 Å². The monoisotopic (exact) mass is 449 g/mol. The van der Waals surface area contributed by atoms with Gasteiger partial charge in [0.15, 0.2) is 0 Å². The average Bonchev–Trinajstić information content (AvgIpc) is 3.52. The van der Waals surface area contributed by atoms with Crippen LogP contribution in [0.4, 0.5) is 23.3 Å². The van der Waals surface area contributed by atoms with Crippen LogP contribution in [0.15, 0.2) is 29.8 Å². The first-order chi connectivity index (χ1) is 15.5. The third kappa shape index (κ3) is 4.73. The maximum atomic E-state index is 12.7. The molecule has 1 aliphatic heterocycles. The third-order valence-corrected chi connectivity index (χ3v) is 6.50. The molecule has 0 atom stereocenters. The Hall–Kier alpha value is -3.04. The summed E-state index contributed by atoms with van der Waals surface area (Å²) in [5.41, 5.74) is 3.96. The largest absolute Gasteiger partial charge is 0.350 e. The van der Waals surface area contributed by atoms with Gasteiger partial charge < -0.3 is 21.3 Å². The van der Waals surface area contributed by atoms with E-state index in [0.29, 0.717) is 29.1 Å². The quantitative estimate of drug-likeness (QED) is 0.431. The second-order valence-corrected chi connectivity index (χ2v) is 9.48. The molecule has 0 radical (unpaired) electrons. The maximum absolute atomic E-state index is 12.7. The van der Waals surface area contributed by atoms with Crippen molar-refractivity contribution in [1.82, 2.24) is 25.6 Å². The maximum Gasteiger partial charge on any atom is 0.256 e. The van der Waals surface area contributed by atoms with Gasteiger partial charge in [-0.25, -0.2) is 9.97 Å². The topological polar surface area (TPSA) is 104 Å². The van der Waals surface area contributed by atoms with Crippen LogP contribution in [-0.2, 0) is 13.0 Å². The first kappa shape index (κ1) is 20.8. The molecule has 2 aromatic heterocycles. The minimum absolute atomic E-state index is 0.0120. The van der Waals surface area contributed by atoms with Crippen molar-refractivity contribution in [2.75, 3.05) is 17.2 Å². The Morgan fingerprint density at radius 3 is 2.88 bits per heavy atom. The number of nitrogens with zero attached hydrogens (tertiary/aromatic N) is 3. The Bertz CT molecular complexity index is 1140.